The maximum atomic E-state index is 5.71. The van der Waals surface area contributed by atoms with Crippen LogP contribution in [-0.4, -0.2) is 45.7 Å². The van der Waals surface area contributed by atoms with Gasteiger partial charge in [-0.15, -0.1) is 0 Å². The Labute approximate surface area is 125 Å². The summed E-state index contributed by atoms with van der Waals surface area (Å²) >= 11 is 0. The summed E-state index contributed by atoms with van der Waals surface area (Å²) in [5.74, 6) is 1.69. The molecule has 2 heterocycles. The molecule has 1 saturated heterocycles. The SMILES string of the molecule is COC1(CNCc2ccc3c(c2)OCCCO3)CCOC1. The molecule has 0 aromatic heterocycles. The van der Waals surface area contributed by atoms with Crippen LogP contribution in [0.3, 0.4) is 0 Å². The number of fused-ring (bicyclic) bond motifs is 1. The van der Waals surface area contributed by atoms with Gasteiger partial charge in [-0.1, -0.05) is 6.07 Å². The molecule has 2 aliphatic rings. The molecule has 116 valence electrons. The molecule has 3 rings (SSSR count). The molecular weight excluding hydrogens is 270 g/mol. The van der Waals surface area contributed by atoms with Crippen LogP contribution >= 0.6 is 0 Å². The van der Waals surface area contributed by atoms with Gasteiger partial charge in [-0.2, -0.15) is 0 Å². The zero-order valence-corrected chi connectivity index (χ0v) is 12.5. The fourth-order valence-electron chi connectivity index (χ4n) is 2.71. The molecule has 0 saturated carbocycles. The molecular formula is C16H23NO4. The Morgan fingerprint density at radius 1 is 1.19 bits per heavy atom. The van der Waals surface area contributed by atoms with E-state index < -0.39 is 0 Å². The first-order chi connectivity index (χ1) is 10.3. The van der Waals surface area contributed by atoms with Crippen molar-refractivity contribution in [3.8, 4) is 11.5 Å². The third-order valence-electron chi connectivity index (χ3n) is 4.09. The van der Waals surface area contributed by atoms with Gasteiger partial charge in [-0.05, 0) is 17.7 Å². The summed E-state index contributed by atoms with van der Waals surface area (Å²) in [4.78, 5) is 0. The summed E-state index contributed by atoms with van der Waals surface area (Å²) in [6.07, 6.45) is 1.87. The van der Waals surface area contributed by atoms with Crippen molar-refractivity contribution in [3.05, 3.63) is 23.8 Å². The van der Waals surface area contributed by atoms with Gasteiger partial charge in [0.1, 0.15) is 5.60 Å². The Hall–Kier alpha value is -1.30. The quantitative estimate of drug-likeness (QED) is 0.896. The minimum absolute atomic E-state index is 0.175. The van der Waals surface area contributed by atoms with E-state index in [0.29, 0.717) is 13.2 Å². The van der Waals surface area contributed by atoms with Crippen LogP contribution in [0.4, 0.5) is 0 Å². The maximum absolute atomic E-state index is 5.71. The van der Waals surface area contributed by atoms with Gasteiger partial charge in [-0.25, -0.2) is 0 Å². The molecule has 1 N–H and O–H groups in total. The molecule has 0 aliphatic carbocycles. The van der Waals surface area contributed by atoms with Crippen molar-refractivity contribution in [2.75, 3.05) is 40.1 Å². The summed E-state index contributed by atoms with van der Waals surface area (Å²) in [6.45, 7) is 4.45. The number of ether oxygens (including phenoxy) is 4. The number of benzene rings is 1. The Bertz CT molecular complexity index is 471. The van der Waals surface area contributed by atoms with Crippen molar-refractivity contribution < 1.29 is 18.9 Å². The van der Waals surface area contributed by atoms with Crippen LogP contribution in [0.25, 0.3) is 0 Å². The van der Waals surface area contributed by atoms with Crippen molar-refractivity contribution in [2.45, 2.75) is 25.0 Å². The number of nitrogens with one attached hydrogen (secondary N) is 1. The van der Waals surface area contributed by atoms with Gasteiger partial charge in [-0.3, -0.25) is 0 Å². The smallest absolute Gasteiger partial charge is 0.161 e. The molecule has 0 radical (unpaired) electrons. The molecule has 1 atom stereocenters. The lowest BCUT2D eigenvalue weighted by Gasteiger charge is -2.26. The Balaban J connectivity index is 1.57. The maximum Gasteiger partial charge on any atom is 0.161 e. The van der Waals surface area contributed by atoms with Crippen molar-refractivity contribution in [3.63, 3.8) is 0 Å². The number of hydrogen-bond acceptors (Lipinski definition) is 5. The molecule has 0 bridgehead atoms. The van der Waals surface area contributed by atoms with Gasteiger partial charge in [0.25, 0.3) is 0 Å². The Morgan fingerprint density at radius 3 is 2.81 bits per heavy atom. The van der Waals surface area contributed by atoms with Crippen molar-refractivity contribution in [1.82, 2.24) is 5.32 Å². The molecule has 1 aromatic rings. The first-order valence-corrected chi connectivity index (χ1v) is 7.53. The minimum atomic E-state index is -0.175. The average molecular weight is 293 g/mol. The Morgan fingerprint density at radius 2 is 2.05 bits per heavy atom. The normalized spacial score (nSPS) is 24.8. The lowest BCUT2D eigenvalue weighted by molar-refractivity contribution is -0.0159. The highest BCUT2D eigenvalue weighted by molar-refractivity contribution is 5.43. The minimum Gasteiger partial charge on any atom is -0.490 e. The van der Waals surface area contributed by atoms with Crippen LogP contribution in [0.15, 0.2) is 18.2 Å². The first kappa shape index (κ1) is 14.6. The molecule has 0 spiro atoms. The van der Waals surface area contributed by atoms with Crippen LogP contribution in [0.1, 0.15) is 18.4 Å². The van der Waals surface area contributed by atoms with Crippen molar-refractivity contribution in [1.29, 1.82) is 0 Å². The highest BCUT2D eigenvalue weighted by Gasteiger charge is 2.34. The van der Waals surface area contributed by atoms with Crippen molar-refractivity contribution >= 4 is 0 Å². The molecule has 5 heteroatoms. The second-order valence-corrected chi connectivity index (χ2v) is 5.62. The summed E-state index contributed by atoms with van der Waals surface area (Å²) in [5, 5.41) is 3.46. The van der Waals surface area contributed by atoms with E-state index in [9.17, 15) is 0 Å². The van der Waals surface area contributed by atoms with E-state index in [1.165, 1.54) is 5.56 Å². The van der Waals surface area contributed by atoms with Gasteiger partial charge < -0.3 is 24.3 Å². The summed E-state index contributed by atoms with van der Waals surface area (Å²) < 4.78 is 22.4. The standard InChI is InChI=1S/C16H23NO4/c1-18-16(5-8-19-12-16)11-17-10-13-3-4-14-15(9-13)21-7-2-6-20-14/h3-4,9,17H,2,5-8,10-12H2,1H3. The van der Waals surface area contributed by atoms with Crippen LogP contribution in [0, 0.1) is 0 Å². The van der Waals surface area contributed by atoms with Crippen LogP contribution in [0.2, 0.25) is 0 Å². The zero-order chi connectivity index (χ0) is 14.5. The molecule has 1 unspecified atom stereocenters. The van der Waals surface area contributed by atoms with E-state index in [2.05, 4.69) is 17.4 Å². The van der Waals surface area contributed by atoms with Gasteiger partial charge in [0.2, 0.25) is 0 Å². The third-order valence-corrected chi connectivity index (χ3v) is 4.09. The number of rotatable bonds is 5. The first-order valence-electron chi connectivity index (χ1n) is 7.53. The van der Waals surface area contributed by atoms with E-state index in [-0.39, 0.29) is 5.60 Å². The average Bonchev–Trinajstić information content (AvgIpc) is 2.86. The lowest BCUT2D eigenvalue weighted by atomic mass is 10.0. The second kappa shape index (κ2) is 6.64. The highest BCUT2D eigenvalue weighted by Crippen LogP contribution is 2.30. The van der Waals surface area contributed by atoms with Crippen LogP contribution < -0.4 is 14.8 Å². The van der Waals surface area contributed by atoms with E-state index in [1.807, 2.05) is 6.07 Å². The molecule has 5 nitrogen and oxygen atoms in total. The van der Waals surface area contributed by atoms with Crippen LogP contribution in [0.5, 0.6) is 11.5 Å². The van der Waals surface area contributed by atoms with Gasteiger partial charge in [0.05, 0.1) is 19.8 Å². The molecule has 0 amide bonds. The number of hydrogen-bond donors (Lipinski definition) is 1. The largest absolute Gasteiger partial charge is 0.490 e. The van der Waals surface area contributed by atoms with Gasteiger partial charge >= 0.3 is 0 Å². The number of methoxy groups -OCH3 is 1. The zero-order valence-electron chi connectivity index (χ0n) is 12.5. The van der Waals surface area contributed by atoms with Crippen molar-refractivity contribution in [2.24, 2.45) is 0 Å². The Kier molecular flexibility index (Phi) is 4.63. The van der Waals surface area contributed by atoms with E-state index in [4.69, 9.17) is 18.9 Å². The lowest BCUT2D eigenvalue weighted by Crippen LogP contribution is -2.42. The fourth-order valence-corrected chi connectivity index (χ4v) is 2.71. The molecule has 1 fully saturated rings. The predicted molar refractivity (Wildman–Crippen MR) is 78.9 cm³/mol. The molecule has 1 aromatic carbocycles. The van der Waals surface area contributed by atoms with Gasteiger partial charge in [0, 0.05) is 39.6 Å². The van der Waals surface area contributed by atoms with Crippen LogP contribution in [-0.2, 0) is 16.0 Å². The highest BCUT2D eigenvalue weighted by atomic mass is 16.5. The summed E-state index contributed by atoms with van der Waals surface area (Å²) in [6, 6.07) is 6.12. The van der Waals surface area contributed by atoms with E-state index >= 15 is 0 Å². The summed E-state index contributed by atoms with van der Waals surface area (Å²) in [5.41, 5.74) is 1.01. The van der Waals surface area contributed by atoms with E-state index in [1.54, 1.807) is 7.11 Å². The third kappa shape index (κ3) is 3.48. The topological polar surface area (TPSA) is 49.0 Å². The molecule has 21 heavy (non-hydrogen) atoms. The summed E-state index contributed by atoms with van der Waals surface area (Å²) in [7, 11) is 1.75. The molecule has 2 aliphatic heterocycles. The van der Waals surface area contributed by atoms with E-state index in [0.717, 1.165) is 50.6 Å². The predicted octanol–water partition coefficient (Wildman–Crippen LogP) is 1.74. The second-order valence-electron chi connectivity index (χ2n) is 5.62. The van der Waals surface area contributed by atoms with Gasteiger partial charge in [0.15, 0.2) is 11.5 Å². The fraction of sp³-hybridized carbons (Fsp3) is 0.625. The monoisotopic (exact) mass is 293 g/mol.